The van der Waals surface area contributed by atoms with Gasteiger partial charge in [0.05, 0.1) is 17.1 Å². The van der Waals surface area contributed by atoms with Crippen molar-refractivity contribution in [2.24, 2.45) is 5.73 Å². The van der Waals surface area contributed by atoms with E-state index in [-0.39, 0.29) is 5.56 Å². The Balaban J connectivity index is 2.26. The minimum atomic E-state index is -4.87. The molecule has 0 bridgehead atoms. The average Bonchev–Trinajstić information content (AvgIpc) is 2.58. The van der Waals surface area contributed by atoms with Crippen LogP contribution in [0.4, 0.5) is 17.6 Å². The third-order valence-electron chi connectivity index (χ3n) is 4.12. The zero-order valence-corrected chi connectivity index (χ0v) is 13.2. The van der Waals surface area contributed by atoms with Gasteiger partial charge in [-0.1, -0.05) is 0 Å². The molecule has 1 aromatic carbocycles. The lowest BCUT2D eigenvalue weighted by Crippen LogP contribution is -2.41. The van der Waals surface area contributed by atoms with Crippen LogP contribution in [0.5, 0.6) is 5.75 Å². The molecule has 0 saturated carbocycles. The molecule has 0 radical (unpaired) electrons. The first-order valence-corrected chi connectivity index (χ1v) is 6.99. The normalized spacial score (nSPS) is 21.3. The maximum Gasteiger partial charge on any atom is 0.573 e. The van der Waals surface area contributed by atoms with Gasteiger partial charge in [-0.25, -0.2) is 4.39 Å². The summed E-state index contributed by atoms with van der Waals surface area (Å²) in [4.78, 5) is 0. The quantitative estimate of drug-likeness (QED) is 0.680. The standard InChI is InChI=1S/C14H18BF4NO3/c1-12(2)13(3,4)23-15(22-12)11(20)9-7-8(5-6-10(9)16)21-14(17,18)19/h5-7,11H,20H2,1-4H3/t11-/m1/s1. The highest BCUT2D eigenvalue weighted by Crippen LogP contribution is 2.40. The highest BCUT2D eigenvalue weighted by Gasteiger charge is 2.53. The van der Waals surface area contributed by atoms with Crippen molar-refractivity contribution in [3.63, 3.8) is 0 Å². The smallest absolute Gasteiger partial charge is 0.406 e. The Labute approximate surface area is 132 Å². The van der Waals surface area contributed by atoms with Crippen LogP contribution in [-0.2, 0) is 9.31 Å². The minimum absolute atomic E-state index is 0.176. The van der Waals surface area contributed by atoms with Crippen LogP contribution in [0.1, 0.15) is 39.2 Å². The van der Waals surface area contributed by atoms with Crippen molar-refractivity contribution < 1.29 is 31.6 Å². The average molecular weight is 335 g/mol. The van der Waals surface area contributed by atoms with Gasteiger partial charge in [-0.2, -0.15) is 0 Å². The van der Waals surface area contributed by atoms with Crippen LogP contribution in [0.2, 0.25) is 0 Å². The van der Waals surface area contributed by atoms with Crippen molar-refractivity contribution in [2.75, 3.05) is 0 Å². The summed E-state index contributed by atoms with van der Waals surface area (Å²) in [6.45, 7) is 7.16. The molecule has 4 nitrogen and oxygen atoms in total. The molecular formula is C14H18BF4NO3. The summed E-state index contributed by atoms with van der Waals surface area (Å²) >= 11 is 0. The van der Waals surface area contributed by atoms with E-state index in [2.05, 4.69) is 4.74 Å². The fourth-order valence-electron chi connectivity index (χ4n) is 2.16. The molecule has 1 heterocycles. The highest BCUT2D eigenvalue weighted by atomic mass is 19.4. The molecule has 0 aliphatic carbocycles. The van der Waals surface area contributed by atoms with Gasteiger partial charge in [0.15, 0.2) is 0 Å². The van der Waals surface area contributed by atoms with Crippen molar-refractivity contribution in [3.05, 3.63) is 29.6 Å². The van der Waals surface area contributed by atoms with Crippen molar-refractivity contribution in [3.8, 4) is 5.75 Å². The molecule has 1 atom stereocenters. The summed E-state index contributed by atoms with van der Waals surface area (Å²) in [5.41, 5.74) is 4.40. The van der Waals surface area contributed by atoms with Gasteiger partial charge >= 0.3 is 13.5 Å². The van der Waals surface area contributed by atoms with Crippen LogP contribution < -0.4 is 10.5 Å². The summed E-state index contributed by atoms with van der Waals surface area (Å²) in [6, 6.07) is 2.64. The molecule has 0 spiro atoms. The molecular weight excluding hydrogens is 317 g/mol. The Morgan fingerprint density at radius 1 is 1.13 bits per heavy atom. The first kappa shape index (κ1) is 18.0. The second-order valence-corrected chi connectivity index (χ2v) is 6.38. The third-order valence-corrected chi connectivity index (χ3v) is 4.12. The summed E-state index contributed by atoms with van der Waals surface area (Å²) in [5, 5.41) is 0. The van der Waals surface area contributed by atoms with Crippen molar-refractivity contribution in [1.29, 1.82) is 0 Å². The predicted octanol–water partition coefficient (Wildman–Crippen LogP) is 3.36. The van der Waals surface area contributed by atoms with E-state index in [9.17, 15) is 17.6 Å². The molecule has 1 saturated heterocycles. The van der Waals surface area contributed by atoms with Crippen molar-refractivity contribution in [2.45, 2.75) is 51.2 Å². The van der Waals surface area contributed by atoms with Gasteiger partial charge in [0.2, 0.25) is 0 Å². The Morgan fingerprint density at radius 2 is 1.65 bits per heavy atom. The lowest BCUT2D eigenvalue weighted by atomic mass is 9.74. The van der Waals surface area contributed by atoms with Crippen molar-refractivity contribution >= 4 is 7.12 Å². The van der Waals surface area contributed by atoms with Crippen LogP contribution >= 0.6 is 0 Å². The second-order valence-electron chi connectivity index (χ2n) is 6.38. The van der Waals surface area contributed by atoms with Crippen LogP contribution in [0.25, 0.3) is 0 Å². The topological polar surface area (TPSA) is 53.7 Å². The maximum atomic E-state index is 14.0. The van der Waals surface area contributed by atoms with Crippen LogP contribution in [0.15, 0.2) is 18.2 Å². The molecule has 1 aromatic rings. The fraction of sp³-hybridized carbons (Fsp3) is 0.571. The number of alkyl halides is 3. The number of rotatable bonds is 3. The van der Waals surface area contributed by atoms with Gasteiger partial charge in [0.25, 0.3) is 0 Å². The van der Waals surface area contributed by atoms with E-state index < -0.39 is 42.2 Å². The van der Waals surface area contributed by atoms with Crippen LogP contribution in [0.3, 0.4) is 0 Å². The number of halogens is 4. The van der Waals surface area contributed by atoms with Gasteiger partial charge in [-0.15, -0.1) is 13.2 Å². The summed E-state index contributed by atoms with van der Waals surface area (Å²) in [7, 11) is -0.990. The molecule has 2 rings (SSSR count). The SMILES string of the molecule is CC1(C)OB([C@H](N)c2cc(OC(F)(F)F)ccc2F)OC1(C)C. The molecule has 9 heteroatoms. The van der Waals surface area contributed by atoms with Crippen LogP contribution in [-0.4, -0.2) is 24.7 Å². The molecule has 23 heavy (non-hydrogen) atoms. The zero-order chi connectivity index (χ0) is 17.6. The molecule has 0 amide bonds. The van der Waals surface area contributed by atoms with E-state index in [0.717, 1.165) is 18.2 Å². The van der Waals surface area contributed by atoms with Gasteiger partial charge in [0.1, 0.15) is 11.6 Å². The molecule has 128 valence electrons. The van der Waals surface area contributed by atoms with Gasteiger partial charge in [0, 0.05) is 5.56 Å². The third kappa shape index (κ3) is 3.78. The Bertz CT molecular complexity index is 576. The number of nitrogens with two attached hydrogens (primary N) is 1. The van der Waals surface area contributed by atoms with E-state index in [1.165, 1.54) is 0 Å². The first-order chi connectivity index (χ1) is 10.3. The van der Waals surface area contributed by atoms with Gasteiger partial charge in [-0.3, -0.25) is 0 Å². The predicted molar refractivity (Wildman–Crippen MR) is 76.1 cm³/mol. The number of hydrogen-bond acceptors (Lipinski definition) is 4. The fourth-order valence-corrected chi connectivity index (χ4v) is 2.16. The van der Waals surface area contributed by atoms with E-state index >= 15 is 0 Å². The highest BCUT2D eigenvalue weighted by molar-refractivity contribution is 6.47. The summed E-state index contributed by atoms with van der Waals surface area (Å²) in [6.07, 6.45) is -4.87. The van der Waals surface area contributed by atoms with Gasteiger partial charge in [-0.05, 0) is 45.9 Å². The summed E-state index contributed by atoms with van der Waals surface area (Å²) in [5.74, 6) is -2.42. The van der Waals surface area contributed by atoms with E-state index in [0.29, 0.717) is 0 Å². The maximum absolute atomic E-state index is 14.0. The Morgan fingerprint density at radius 3 is 2.13 bits per heavy atom. The first-order valence-electron chi connectivity index (χ1n) is 6.99. The summed E-state index contributed by atoms with van der Waals surface area (Å²) < 4.78 is 66.0. The Kier molecular flexibility index (Phi) is 4.42. The van der Waals surface area contributed by atoms with E-state index in [1.54, 1.807) is 27.7 Å². The minimum Gasteiger partial charge on any atom is -0.406 e. The molecule has 0 aromatic heterocycles. The molecule has 1 fully saturated rings. The van der Waals surface area contributed by atoms with E-state index in [1.807, 2.05) is 0 Å². The zero-order valence-electron chi connectivity index (χ0n) is 13.2. The second kappa shape index (κ2) is 5.64. The number of ether oxygens (including phenoxy) is 1. The van der Waals surface area contributed by atoms with E-state index in [4.69, 9.17) is 15.0 Å². The van der Waals surface area contributed by atoms with Gasteiger partial charge < -0.3 is 19.8 Å². The molecule has 1 aliphatic rings. The number of benzene rings is 1. The van der Waals surface area contributed by atoms with Crippen molar-refractivity contribution in [1.82, 2.24) is 0 Å². The largest absolute Gasteiger partial charge is 0.573 e. The van der Waals surface area contributed by atoms with Crippen LogP contribution in [0, 0.1) is 5.82 Å². The molecule has 0 unspecified atom stereocenters. The monoisotopic (exact) mass is 335 g/mol. The molecule has 1 aliphatic heterocycles. The lowest BCUT2D eigenvalue weighted by molar-refractivity contribution is -0.274. The molecule has 2 N–H and O–H groups in total. The lowest BCUT2D eigenvalue weighted by Gasteiger charge is -2.32. The Hall–Kier alpha value is -1.32. The number of hydrogen-bond donors (Lipinski definition) is 1.